The lowest BCUT2D eigenvalue weighted by atomic mass is 10.2. The van der Waals surface area contributed by atoms with E-state index >= 15 is 0 Å². The number of para-hydroxylation sites is 2. The Hall–Kier alpha value is -2.04. The third-order valence-electron chi connectivity index (χ3n) is 3.49. The molecule has 0 fully saturated rings. The quantitative estimate of drug-likeness (QED) is 0.838. The topological polar surface area (TPSA) is 41.6 Å². The largest absolute Gasteiger partial charge is 0.495 e. The van der Waals surface area contributed by atoms with E-state index in [1.54, 1.807) is 7.11 Å². The summed E-state index contributed by atoms with van der Waals surface area (Å²) in [5.74, 6) is 0.581. The Kier molecular flexibility index (Phi) is 6.44. The monoisotopic (exact) mass is 332 g/mol. The van der Waals surface area contributed by atoms with Crippen LogP contribution >= 0.6 is 11.6 Å². The lowest BCUT2D eigenvalue weighted by Gasteiger charge is -2.20. The summed E-state index contributed by atoms with van der Waals surface area (Å²) in [6, 6.07) is 15.1. The minimum absolute atomic E-state index is 0.0709. The zero-order valence-electron chi connectivity index (χ0n) is 13.4. The van der Waals surface area contributed by atoms with Gasteiger partial charge in [-0.3, -0.25) is 9.69 Å². The Bertz CT molecular complexity index is 661. The maximum Gasteiger partial charge on any atom is 0.238 e. The molecular formula is C18H21ClN2O2. The van der Waals surface area contributed by atoms with E-state index in [1.165, 1.54) is 0 Å². The van der Waals surface area contributed by atoms with Crippen LogP contribution in [-0.4, -0.2) is 31.0 Å². The van der Waals surface area contributed by atoms with Gasteiger partial charge in [0.15, 0.2) is 0 Å². The van der Waals surface area contributed by atoms with Gasteiger partial charge in [0.25, 0.3) is 0 Å². The van der Waals surface area contributed by atoms with Gasteiger partial charge in [-0.05, 0) is 36.4 Å². The lowest BCUT2D eigenvalue weighted by molar-refractivity contribution is -0.117. The fourth-order valence-electron chi connectivity index (χ4n) is 2.31. The molecule has 5 heteroatoms. The number of carbonyl (C=O) groups excluding carboxylic acids is 1. The lowest BCUT2D eigenvalue weighted by Crippen LogP contribution is -2.32. The van der Waals surface area contributed by atoms with Crippen LogP contribution in [0, 0.1) is 0 Å². The highest BCUT2D eigenvalue weighted by molar-refractivity contribution is 6.30. The van der Waals surface area contributed by atoms with Crippen LogP contribution in [-0.2, 0) is 11.3 Å². The summed E-state index contributed by atoms with van der Waals surface area (Å²) in [5, 5.41) is 3.60. The van der Waals surface area contributed by atoms with Gasteiger partial charge < -0.3 is 10.1 Å². The highest BCUT2D eigenvalue weighted by Gasteiger charge is 2.12. The highest BCUT2D eigenvalue weighted by Crippen LogP contribution is 2.23. The van der Waals surface area contributed by atoms with Crippen LogP contribution in [0.2, 0.25) is 5.02 Å². The van der Waals surface area contributed by atoms with E-state index in [0.29, 0.717) is 29.5 Å². The SMILES string of the molecule is CCN(CC(=O)Nc1ccccc1OC)Cc1cccc(Cl)c1. The first-order valence-electron chi connectivity index (χ1n) is 7.52. The van der Waals surface area contributed by atoms with Gasteiger partial charge in [-0.25, -0.2) is 0 Å². The summed E-state index contributed by atoms with van der Waals surface area (Å²) >= 11 is 6.01. The van der Waals surface area contributed by atoms with E-state index < -0.39 is 0 Å². The first kappa shape index (κ1) is 17.3. The van der Waals surface area contributed by atoms with Crippen LogP contribution in [0.4, 0.5) is 5.69 Å². The Morgan fingerprint density at radius 3 is 2.70 bits per heavy atom. The average molecular weight is 333 g/mol. The summed E-state index contributed by atoms with van der Waals surface area (Å²) in [6.45, 7) is 3.78. The summed E-state index contributed by atoms with van der Waals surface area (Å²) in [5.41, 5.74) is 1.77. The first-order chi connectivity index (χ1) is 11.1. The minimum atomic E-state index is -0.0709. The van der Waals surface area contributed by atoms with Crippen molar-refractivity contribution in [3.63, 3.8) is 0 Å². The van der Waals surface area contributed by atoms with Crippen molar-refractivity contribution in [1.29, 1.82) is 0 Å². The van der Waals surface area contributed by atoms with Crippen molar-refractivity contribution in [1.82, 2.24) is 4.90 Å². The fraction of sp³-hybridized carbons (Fsp3) is 0.278. The molecule has 0 spiro atoms. The molecule has 2 rings (SSSR count). The van der Waals surface area contributed by atoms with Gasteiger partial charge in [0.05, 0.1) is 19.3 Å². The summed E-state index contributed by atoms with van der Waals surface area (Å²) < 4.78 is 5.24. The van der Waals surface area contributed by atoms with Gasteiger partial charge in [0, 0.05) is 11.6 Å². The van der Waals surface area contributed by atoms with Crippen molar-refractivity contribution < 1.29 is 9.53 Å². The third kappa shape index (κ3) is 5.27. The van der Waals surface area contributed by atoms with Crippen molar-refractivity contribution in [2.75, 3.05) is 25.5 Å². The molecule has 0 atom stereocenters. The maximum absolute atomic E-state index is 12.3. The molecule has 122 valence electrons. The number of methoxy groups -OCH3 is 1. The standard InChI is InChI=1S/C18H21ClN2O2/c1-3-21(12-14-7-6-8-15(19)11-14)13-18(22)20-16-9-4-5-10-17(16)23-2/h4-11H,3,12-13H2,1-2H3,(H,20,22). The number of ether oxygens (including phenoxy) is 1. The van der Waals surface area contributed by atoms with Gasteiger partial charge in [-0.1, -0.05) is 42.8 Å². The molecule has 1 amide bonds. The second-order valence-corrected chi connectivity index (χ2v) is 5.62. The van der Waals surface area contributed by atoms with Gasteiger partial charge in [0.1, 0.15) is 5.75 Å². The molecule has 0 aliphatic heterocycles. The molecule has 0 unspecified atom stereocenters. The number of amides is 1. The Labute approximate surface area is 142 Å². The van der Waals surface area contributed by atoms with Crippen LogP contribution in [0.5, 0.6) is 5.75 Å². The number of hydrogen-bond acceptors (Lipinski definition) is 3. The van der Waals surface area contributed by atoms with Crippen molar-refractivity contribution in [3.05, 3.63) is 59.1 Å². The zero-order chi connectivity index (χ0) is 16.7. The first-order valence-corrected chi connectivity index (χ1v) is 7.90. The third-order valence-corrected chi connectivity index (χ3v) is 3.73. The molecule has 0 saturated carbocycles. The van der Waals surface area contributed by atoms with E-state index in [9.17, 15) is 4.79 Å². The van der Waals surface area contributed by atoms with Crippen LogP contribution in [0.25, 0.3) is 0 Å². The molecule has 0 bridgehead atoms. The zero-order valence-corrected chi connectivity index (χ0v) is 14.1. The number of benzene rings is 2. The number of hydrogen-bond donors (Lipinski definition) is 1. The Morgan fingerprint density at radius 2 is 2.00 bits per heavy atom. The van der Waals surface area contributed by atoms with Gasteiger partial charge >= 0.3 is 0 Å². The van der Waals surface area contributed by atoms with E-state index in [4.69, 9.17) is 16.3 Å². The second-order valence-electron chi connectivity index (χ2n) is 5.18. The number of halogens is 1. The van der Waals surface area contributed by atoms with Crippen molar-refractivity contribution in [3.8, 4) is 5.75 Å². The molecule has 0 radical (unpaired) electrons. The Morgan fingerprint density at radius 1 is 1.22 bits per heavy atom. The predicted molar refractivity (Wildman–Crippen MR) is 94.0 cm³/mol. The molecule has 23 heavy (non-hydrogen) atoms. The van der Waals surface area contributed by atoms with E-state index in [1.807, 2.05) is 55.5 Å². The van der Waals surface area contributed by atoms with Crippen LogP contribution in [0.15, 0.2) is 48.5 Å². The van der Waals surface area contributed by atoms with E-state index in [0.717, 1.165) is 12.1 Å². The van der Waals surface area contributed by atoms with Crippen molar-refractivity contribution in [2.24, 2.45) is 0 Å². The summed E-state index contributed by atoms with van der Waals surface area (Å²) in [6.07, 6.45) is 0. The normalized spacial score (nSPS) is 10.6. The molecule has 0 saturated heterocycles. The molecule has 0 aliphatic carbocycles. The fourth-order valence-corrected chi connectivity index (χ4v) is 2.53. The molecule has 0 aliphatic rings. The number of nitrogens with zero attached hydrogens (tertiary/aromatic N) is 1. The van der Waals surface area contributed by atoms with E-state index in [-0.39, 0.29) is 5.91 Å². The molecular weight excluding hydrogens is 312 g/mol. The molecule has 0 aromatic heterocycles. The predicted octanol–water partition coefficient (Wildman–Crippen LogP) is 3.81. The van der Waals surface area contributed by atoms with Gasteiger partial charge in [-0.15, -0.1) is 0 Å². The molecule has 1 N–H and O–H groups in total. The number of carbonyl (C=O) groups is 1. The Balaban J connectivity index is 1.97. The smallest absolute Gasteiger partial charge is 0.238 e. The van der Waals surface area contributed by atoms with Crippen LogP contribution in [0.1, 0.15) is 12.5 Å². The number of anilines is 1. The number of likely N-dealkylation sites (N-methyl/N-ethyl adjacent to an activating group) is 1. The summed E-state index contributed by atoms with van der Waals surface area (Å²) in [7, 11) is 1.59. The number of rotatable bonds is 7. The van der Waals surface area contributed by atoms with Crippen LogP contribution in [0.3, 0.4) is 0 Å². The van der Waals surface area contributed by atoms with Crippen molar-refractivity contribution in [2.45, 2.75) is 13.5 Å². The van der Waals surface area contributed by atoms with Crippen LogP contribution < -0.4 is 10.1 Å². The van der Waals surface area contributed by atoms with Gasteiger partial charge in [-0.2, -0.15) is 0 Å². The molecule has 0 heterocycles. The number of nitrogens with one attached hydrogen (secondary N) is 1. The maximum atomic E-state index is 12.3. The molecule has 4 nitrogen and oxygen atoms in total. The van der Waals surface area contributed by atoms with Crippen molar-refractivity contribution >= 4 is 23.2 Å². The molecule has 2 aromatic rings. The van der Waals surface area contributed by atoms with Gasteiger partial charge in [0.2, 0.25) is 5.91 Å². The second kappa shape index (κ2) is 8.56. The molecule has 2 aromatic carbocycles. The highest BCUT2D eigenvalue weighted by atomic mass is 35.5. The van der Waals surface area contributed by atoms with E-state index in [2.05, 4.69) is 10.2 Å². The average Bonchev–Trinajstić information content (AvgIpc) is 2.54. The minimum Gasteiger partial charge on any atom is -0.495 e. The summed E-state index contributed by atoms with van der Waals surface area (Å²) in [4.78, 5) is 14.3.